The molecule has 0 radical (unpaired) electrons. The average molecular weight is 260 g/mol. The fraction of sp³-hybridized carbons (Fsp3) is 0. The summed E-state index contributed by atoms with van der Waals surface area (Å²) in [6, 6.07) is 9.94. The first-order valence-electron chi connectivity index (χ1n) is 5.19. The molecule has 0 aliphatic heterocycles. The van der Waals surface area contributed by atoms with E-state index in [0.29, 0.717) is 0 Å². The zero-order valence-corrected chi connectivity index (χ0v) is 9.52. The van der Waals surface area contributed by atoms with Crippen molar-refractivity contribution in [2.75, 3.05) is 0 Å². The second kappa shape index (κ2) is 5.13. The lowest BCUT2D eigenvalue weighted by Gasteiger charge is -2.05. The Morgan fingerprint density at radius 1 is 1.21 bits per heavy atom. The fourth-order valence-electron chi connectivity index (χ4n) is 1.40. The van der Waals surface area contributed by atoms with Crippen molar-refractivity contribution >= 4 is 11.7 Å². The van der Waals surface area contributed by atoms with Crippen LogP contribution in [0.5, 0.6) is 11.6 Å². The summed E-state index contributed by atoms with van der Waals surface area (Å²) < 4.78 is 5.25. The number of hydrogen-bond acceptors (Lipinski definition) is 5. The molecule has 19 heavy (non-hydrogen) atoms. The molecule has 7 heteroatoms. The minimum absolute atomic E-state index is 0.00235. The van der Waals surface area contributed by atoms with E-state index in [1.807, 2.05) is 0 Å². The molecule has 0 atom stereocenters. The van der Waals surface area contributed by atoms with Crippen molar-refractivity contribution in [2.24, 2.45) is 0 Å². The highest BCUT2D eigenvalue weighted by Gasteiger charge is 2.15. The zero-order valence-electron chi connectivity index (χ0n) is 9.52. The standard InChI is InChI=1S/C12H8N2O5/c15-12(16)8-4-3-7-11(13-8)19-10-6-2-1-5-9(10)14(17)18/h1-7H,(H,15,16). The van der Waals surface area contributed by atoms with Gasteiger partial charge in [0.05, 0.1) is 4.92 Å². The summed E-state index contributed by atoms with van der Waals surface area (Å²) in [7, 11) is 0. The molecule has 1 N–H and O–H groups in total. The highest BCUT2D eigenvalue weighted by atomic mass is 16.6. The minimum Gasteiger partial charge on any atom is -0.477 e. The van der Waals surface area contributed by atoms with Crippen LogP contribution in [-0.4, -0.2) is 21.0 Å². The second-order valence-corrected chi connectivity index (χ2v) is 3.49. The maximum absolute atomic E-state index is 10.8. The Balaban J connectivity index is 2.34. The predicted molar refractivity (Wildman–Crippen MR) is 64.4 cm³/mol. The van der Waals surface area contributed by atoms with E-state index in [1.165, 1.54) is 36.4 Å². The highest BCUT2D eigenvalue weighted by Crippen LogP contribution is 2.29. The van der Waals surface area contributed by atoms with Crippen LogP contribution in [0.3, 0.4) is 0 Å². The third-order valence-corrected chi connectivity index (χ3v) is 2.22. The van der Waals surface area contributed by atoms with E-state index in [4.69, 9.17) is 9.84 Å². The number of nitrogens with zero attached hydrogens (tertiary/aromatic N) is 2. The second-order valence-electron chi connectivity index (χ2n) is 3.49. The molecule has 1 heterocycles. The van der Waals surface area contributed by atoms with Gasteiger partial charge in [0.15, 0.2) is 5.69 Å². The van der Waals surface area contributed by atoms with Crippen LogP contribution in [0.15, 0.2) is 42.5 Å². The molecule has 2 rings (SSSR count). The van der Waals surface area contributed by atoms with E-state index >= 15 is 0 Å². The number of pyridine rings is 1. The molecule has 0 aliphatic rings. The molecule has 0 saturated carbocycles. The van der Waals surface area contributed by atoms with Crippen LogP contribution in [0.4, 0.5) is 5.69 Å². The number of carboxylic acids is 1. The van der Waals surface area contributed by atoms with Gasteiger partial charge in [0.1, 0.15) is 0 Å². The lowest BCUT2D eigenvalue weighted by atomic mass is 10.3. The summed E-state index contributed by atoms with van der Waals surface area (Å²) in [5, 5.41) is 19.6. The maximum atomic E-state index is 10.8. The Morgan fingerprint density at radius 2 is 1.95 bits per heavy atom. The van der Waals surface area contributed by atoms with Crippen LogP contribution in [0, 0.1) is 10.1 Å². The van der Waals surface area contributed by atoms with Crippen molar-refractivity contribution in [2.45, 2.75) is 0 Å². The first-order chi connectivity index (χ1) is 9.08. The van der Waals surface area contributed by atoms with Crippen molar-refractivity contribution in [3.8, 4) is 11.6 Å². The Morgan fingerprint density at radius 3 is 2.63 bits per heavy atom. The van der Waals surface area contributed by atoms with Crippen molar-refractivity contribution in [3.63, 3.8) is 0 Å². The van der Waals surface area contributed by atoms with E-state index in [9.17, 15) is 14.9 Å². The summed E-state index contributed by atoms with van der Waals surface area (Å²) in [5.41, 5.74) is -0.416. The van der Waals surface area contributed by atoms with Crippen LogP contribution in [0.2, 0.25) is 0 Å². The number of benzene rings is 1. The number of carbonyl (C=O) groups is 1. The van der Waals surface area contributed by atoms with Crippen LogP contribution < -0.4 is 4.74 Å². The molecule has 1 aromatic carbocycles. The average Bonchev–Trinajstić information content (AvgIpc) is 2.39. The Hall–Kier alpha value is -2.96. The van der Waals surface area contributed by atoms with Gasteiger partial charge in [-0.25, -0.2) is 9.78 Å². The monoisotopic (exact) mass is 260 g/mol. The number of nitro groups is 1. The number of aromatic nitrogens is 1. The van der Waals surface area contributed by atoms with Crippen LogP contribution in [-0.2, 0) is 0 Å². The number of nitro benzene ring substituents is 1. The molecule has 7 nitrogen and oxygen atoms in total. The molecule has 0 bridgehead atoms. The quantitative estimate of drug-likeness (QED) is 0.669. The number of aromatic carboxylic acids is 1. The highest BCUT2D eigenvalue weighted by molar-refractivity contribution is 5.85. The summed E-state index contributed by atoms with van der Waals surface area (Å²) in [5.74, 6) is -1.22. The largest absolute Gasteiger partial charge is 0.477 e. The molecule has 1 aromatic heterocycles. The topological polar surface area (TPSA) is 103 Å². The van der Waals surface area contributed by atoms with Crippen molar-refractivity contribution < 1.29 is 19.6 Å². The molecule has 0 saturated heterocycles. The molecule has 0 aliphatic carbocycles. The third-order valence-electron chi connectivity index (χ3n) is 2.22. The third kappa shape index (κ3) is 2.83. The number of para-hydroxylation sites is 2. The number of hydrogen-bond donors (Lipinski definition) is 1. The van der Waals surface area contributed by atoms with Gasteiger partial charge in [0.25, 0.3) is 0 Å². The van der Waals surface area contributed by atoms with E-state index in [2.05, 4.69) is 4.98 Å². The Labute approximate surface area is 107 Å². The first-order valence-corrected chi connectivity index (χ1v) is 5.19. The van der Waals surface area contributed by atoms with Gasteiger partial charge in [0, 0.05) is 12.1 Å². The predicted octanol–water partition coefficient (Wildman–Crippen LogP) is 2.48. The van der Waals surface area contributed by atoms with E-state index < -0.39 is 10.9 Å². The normalized spacial score (nSPS) is 9.89. The van der Waals surface area contributed by atoms with Crippen LogP contribution >= 0.6 is 0 Å². The fourth-order valence-corrected chi connectivity index (χ4v) is 1.40. The molecular weight excluding hydrogens is 252 g/mol. The smallest absolute Gasteiger partial charge is 0.354 e. The van der Waals surface area contributed by atoms with Gasteiger partial charge in [-0.05, 0) is 12.1 Å². The molecule has 0 unspecified atom stereocenters. The number of carboxylic acid groups (broad SMARTS) is 1. The van der Waals surface area contributed by atoms with E-state index in [-0.39, 0.29) is 23.0 Å². The van der Waals surface area contributed by atoms with E-state index in [1.54, 1.807) is 6.07 Å². The van der Waals surface area contributed by atoms with Gasteiger partial charge in [-0.3, -0.25) is 10.1 Å². The maximum Gasteiger partial charge on any atom is 0.354 e. The lowest BCUT2D eigenvalue weighted by molar-refractivity contribution is -0.385. The summed E-state index contributed by atoms with van der Waals surface area (Å²) in [6.07, 6.45) is 0. The lowest BCUT2D eigenvalue weighted by Crippen LogP contribution is -2.01. The Bertz CT molecular complexity index is 642. The van der Waals surface area contributed by atoms with Gasteiger partial charge in [-0.2, -0.15) is 0 Å². The minimum atomic E-state index is -1.20. The van der Waals surface area contributed by atoms with Crippen molar-refractivity contribution in [1.82, 2.24) is 4.98 Å². The molecule has 96 valence electrons. The van der Waals surface area contributed by atoms with Gasteiger partial charge >= 0.3 is 11.7 Å². The van der Waals surface area contributed by atoms with Gasteiger partial charge < -0.3 is 9.84 Å². The summed E-state index contributed by atoms with van der Waals surface area (Å²) in [6.45, 7) is 0. The van der Waals surface area contributed by atoms with Gasteiger partial charge in [-0.15, -0.1) is 0 Å². The van der Waals surface area contributed by atoms with Crippen molar-refractivity contribution in [1.29, 1.82) is 0 Å². The van der Waals surface area contributed by atoms with Crippen LogP contribution in [0.1, 0.15) is 10.5 Å². The number of rotatable bonds is 4. The van der Waals surface area contributed by atoms with Gasteiger partial charge in [-0.1, -0.05) is 18.2 Å². The van der Waals surface area contributed by atoms with Crippen LogP contribution in [0.25, 0.3) is 0 Å². The number of ether oxygens (including phenoxy) is 1. The first kappa shape index (κ1) is 12.5. The SMILES string of the molecule is O=C(O)c1cccc(Oc2ccccc2[N+](=O)[O-])n1. The van der Waals surface area contributed by atoms with E-state index in [0.717, 1.165) is 0 Å². The van der Waals surface area contributed by atoms with Crippen molar-refractivity contribution in [3.05, 3.63) is 58.3 Å². The molecule has 0 fully saturated rings. The molecule has 0 amide bonds. The van der Waals surface area contributed by atoms with Gasteiger partial charge in [0.2, 0.25) is 11.6 Å². The summed E-state index contributed by atoms with van der Waals surface area (Å²) in [4.78, 5) is 24.7. The molecule has 0 spiro atoms. The molecular formula is C12H8N2O5. The zero-order chi connectivity index (χ0) is 13.8. The molecule has 2 aromatic rings. The summed E-state index contributed by atoms with van der Waals surface area (Å²) >= 11 is 0. The Kier molecular flexibility index (Phi) is 3.37.